The van der Waals surface area contributed by atoms with Crippen LogP contribution in [0.1, 0.15) is 15.9 Å². The van der Waals surface area contributed by atoms with Gasteiger partial charge in [-0.3, -0.25) is 4.79 Å². The Balaban J connectivity index is 2.16. The minimum absolute atomic E-state index is 0.110. The van der Waals surface area contributed by atoms with Crippen LogP contribution in [0, 0.1) is 11.3 Å². The lowest BCUT2D eigenvalue weighted by atomic mass is 10.2. The molecule has 0 saturated heterocycles. The zero-order valence-corrected chi connectivity index (χ0v) is 13.2. The van der Waals surface area contributed by atoms with Crippen molar-refractivity contribution in [2.45, 2.75) is 0 Å². The second-order valence-electron chi connectivity index (χ2n) is 5.03. The Kier molecular flexibility index (Phi) is 6.12. The summed E-state index contributed by atoms with van der Waals surface area (Å²) in [5.74, 6) is 0.902. The van der Waals surface area contributed by atoms with Crippen molar-refractivity contribution in [2.24, 2.45) is 0 Å². The van der Waals surface area contributed by atoms with Crippen LogP contribution in [0.5, 0.6) is 11.5 Å². The fraction of sp³-hybridized carbons (Fsp3) is 0.158. The molecule has 0 bridgehead atoms. The molecule has 2 aromatic carbocycles. The number of ether oxygens (including phenoxy) is 1. The molecule has 122 valence electrons. The van der Waals surface area contributed by atoms with Crippen molar-refractivity contribution in [2.75, 3.05) is 19.7 Å². The van der Waals surface area contributed by atoms with E-state index in [0.717, 1.165) is 0 Å². The Morgan fingerprint density at radius 2 is 2.00 bits per heavy atom. The van der Waals surface area contributed by atoms with Gasteiger partial charge >= 0.3 is 0 Å². The third-order valence-electron chi connectivity index (χ3n) is 3.31. The number of aliphatic hydroxyl groups is 1. The van der Waals surface area contributed by atoms with Crippen molar-refractivity contribution in [3.8, 4) is 17.6 Å². The molecule has 0 heterocycles. The summed E-state index contributed by atoms with van der Waals surface area (Å²) in [5, 5.41) is 17.9. The normalized spacial score (nSPS) is 9.83. The molecule has 0 aliphatic heterocycles. The maximum atomic E-state index is 12.5. The third-order valence-corrected chi connectivity index (χ3v) is 3.31. The smallest absolute Gasteiger partial charge is 0.254 e. The van der Waals surface area contributed by atoms with Gasteiger partial charge in [-0.1, -0.05) is 12.1 Å². The van der Waals surface area contributed by atoms with Gasteiger partial charge in [0.15, 0.2) is 0 Å². The van der Waals surface area contributed by atoms with Gasteiger partial charge in [0.05, 0.1) is 18.2 Å². The molecule has 0 spiro atoms. The minimum Gasteiger partial charge on any atom is -0.457 e. The van der Waals surface area contributed by atoms with E-state index in [2.05, 4.69) is 6.58 Å². The van der Waals surface area contributed by atoms with Crippen LogP contribution in [0.4, 0.5) is 0 Å². The van der Waals surface area contributed by atoms with Crippen molar-refractivity contribution in [1.82, 2.24) is 4.90 Å². The molecule has 0 saturated carbocycles. The summed E-state index contributed by atoms with van der Waals surface area (Å²) >= 11 is 0. The Bertz CT molecular complexity index is 748. The summed E-state index contributed by atoms with van der Waals surface area (Å²) in [6, 6.07) is 15.6. The summed E-state index contributed by atoms with van der Waals surface area (Å²) in [6.45, 7) is 4.12. The summed E-state index contributed by atoms with van der Waals surface area (Å²) in [7, 11) is 0. The van der Waals surface area contributed by atoms with E-state index < -0.39 is 0 Å². The highest BCUT2D eigenvalue weighted by molar-refractivity contribution is 5.94. The number of carbonyl (C=O) groups is 1. The summed E-state index contributed by atoms with van der Waals surface area (Å²) < 4.78 is 5.72. The molecule has 2 aromatic rings. The summed E-state index contributed by atoms with van der Waals surface area (Å²) in [5.41, 5.74) is 1.02. The standard InChI is InChI=1S/C19H18N2O3/c1-2-10-21(11-12-22)19(23)16-4-3-5-18(13-16)24-17-8-6-15(14-20)7-9-17/h2-9,13,22H,1,10-12H2. The maximum Gasteiger partial charge on any atom is 0.254 e. The zero-order valence-electron chi connectivity index (χ0n) is 13.2. The predicted octanol–water partition coefficient (Wildman–Crippen LogP) is 2.97. The lowest BCUT2D eigenvalue weighted by molar-refractivity contribution is 0.0742. The quantitative estimate of drug-likeness (QED) is 0.795. The summed E-state index contributed by atoms with van der Waals surface area (Å²) in [4.78, 5) is 14.0. The number of nitriles is 1. The molecule has 5 heteroatoms. The van der Waals surface area contributed by atoms with Gasteiger partial charge in [-0.15, -0.1) is 6.58 Å². The van der Waals surface area contributed by atoms with E-state index in [9.17, 15) is 4.79 Å². The molecule has 0 fully saturated rings. The predicted molar refractivity (Wildman–Crippen MR) is 90.9 cm³/mol. The second-order valence-corrected chi connectivity index (χ2v) is 5.03. The van der Waals surface area contributed by atoms with Crippen LogP contribution in [0.2, 0.25) is 0 Å². The molecular weight excluding hydrogens is 304 g/mol. The van der Waals surface area contributed by atoms with E-state index in [1.165, 1.54) is 4.90 Å². The van der Waals surface area contributed by atoms with Crippen LogP contribution in [0.25, 0.3) is 0 Å². The molecule has 0 aromatic heterocycles. The highest BCUT2D eigenvalue weighted by atomic mass is 16.5. The Hall–Kier alpha value is -3.10. The van der Waals surface area contributed by atoms with Crippen molar-refractivity contribution < 1.29 is 14.6 Å². The number of carbonyl (C=O) groups excluding carboxylic acids is 1. The first-order valence-corrected chi connectivity index (χ1v) is 7.47. The molecular formula is C19H18N2O3. The number of benzene rings is 2. The minimum atomic E-state index is -0.200. The van der Waals surface area contributed by atoms with Crippen LogP contribution in [0.15, 0.2) is 61.2 Å². The molecule has 1 N–H and O–H groups in total. The molecule has 0 aliphatic rings. The lowest BCUT2D eigenvalue weighted by Gasteiger charge is -2.20. The van der Waals surface area contributed by atoms with E-state index in [1.54, 1.807) is 54.6 Å². The number of amides is 1. The molecule has 0 unspecified atom stereocenters. The van der Waals surface area contributed by atoms with Gasteiger partial charge in [0.25, 0.3) is 5.91 Å². The average Bonchev–Trinajstić information content (AvgIpc) is 2.62. The van der Waals surface area contributed by atoms with Crippen molar-refractivity contribution in [3.63, 3.8) is 0 Å². The Labute approximate surface area is 141 Å². The number of hydrogen-bond acceptors (Lipinski definition) is 4. The van der Waals surface area contributed by atoms with Gasteiger partial charge < -0.3 is 14.7 Å². The Morgan fingerprint density at radius 1 is 1.25 bits per heavy atom. The van der Waals surface area contributed by atoms with Gasteiger partial charge in [-0.25, -0.2) is 0 Å². The zero-order chi connectivity index (χ0) is 17.4. The SMILES string of the molecule is C=CCN(CCO)C(=O)c1cccc(Oc2ccc(C#N)cc2)c1. The van der Waals surface area contributed by atoms with Gasteiger partial charge in [0.2, 0.25) is 0 Å². The Morgan fingerprint density at radius 3 is 2.62 bits per heavy atom. The number of rotatable bonds is 7. The van der Waals surface area contributed by atoms with Gasteiger partial charge in [0, 0.05) is 18.7 Å². The highest BCUT2D eigenvalue weighted by Crippen LogP contribution is 2.23. The molecule has 1 amide bonds. The monoisotopic (exact) mass is 322 g/mol. The third kappa shape index (κ3) is 4.45. The second kappa shape index (κ2) is 8.51. The number of nitrogens with zero attached hydrogens (tertiary/aromatic N) is 2. The molecule has 0 radical (unpaired) electrons. The largest absolute Gasteiger partial charge is 0.457 e. The number of hydrogen-bond donors (Lipinski definition) is 1. The number of aliphatic hydroxyl groups excluding tert-OH is 1. The molecule has 5 nitrogen and oxygen atoms in total. The fourth-order valence-electron chi connectivity index (χ4n) is 2.16. The van der Waals surface area contributed by atoms with E-state index in [-0.39, 0.29) is 19.1 Å². The van der Waals surface area contributed by atoms with Crippen LogP contribution >= 0.6 is 0 Å². The van der Waals surface area contributed by atoms with Gasteiger partial charge in [-0.2, -0.15) is 5.26 Å². The van der Waals surface area contributed by atoms with Crippen molar-refractivity contribution >= 4 is 5.91 Å². The highest BCUT2D eigenvalue weighted by Gasteiger charge is 2.14. The van der Waals surface area contributed by atoms with Gasteiger partial charge in [-0.05, 0) is 42.5 Å². The maximum absolute atomic E-state index is 12.5. The van der Waals surface area contributed by atoms with Crippen molar-refractivity contribution in [1.29, 1.82) is 5.26 Å². The van der Waals surface area contributed by atoms with Crippen LogP contribution < -0.4 is 4.74 Å². The van der Waals surface area contributed by atoms with Crippen molar-refractivity contribution in [3.05, 3.63) is 72.3 Å². The summed E-state index contributed by atoms with van der Waals surface area (Å²) in [6.07, 6.45) is 1.62. The molecule has 0 aliphatic carbocycles. The van der Waals surface area contributed by atoms with Crippen LogP contribution in [0.3, 0.4) is 0 Å². The first-order valence-electron chi connectivity index (χ1n) is 7.47. The van der Waals surface area contributed by atoms with E-state index in [1.807, 2.05) is 6.07 Å². The van der Waals surface area contributed by atoms with Crippen LogP contribution in [-0.2, 0) is 0 Å². The topological polar surface area (TPSA) is 73.6 Å². The lowest BCUT2D eigenvalue weighted by Crippen LogP contribution is -2.33. The fourth-order valence-corrected chi connectivity index (χ4v) is 2.16. The molecule has 0 atom stereocenters. The van der Waals surface area contributed by atoms with E-state index >= 15 is 0 Å². The van der Waals surface area contributed by atoms with E-state index in [0.29, 0.717) is 29.2 Å². The first-order chi connectivity index (χ1) is 11.7. The van der Waals surface area contributed by atoms with E-state index in [4.69, 9.17) is 15.1 Å². The molecule has 2 rings (SSSR count). The van der Waals surface area contributed by atoms with Gasteiger partial charge in [0.1, 0.15) is 11.5 Å². The first kappa shape index (κ1) is 17.3. The molecule has 24 heavy (non-hydrogen) atoms. The van der Waals surface area contributed by atoms with Crippen LogP contribution in [-0.4, -0.2) is 35.6 Å². The average molecular weight is 322 g/mol.